The van der Waals surface area contributed by atoms with Gasteiger partial charge in [0.25, 0.3) is 0 Å². The summed E-state index contributed by atoms with van der Waals surface area (Å²) < 4.78 is 27.8. The van der Waals surface area contributed by atoms with Crippen molar-refractivity contribution in [3.63, 3.8) is 0 Å². The molecule has 0 amide bonds. The van der Waals surface area contributed by atoms with E-state index in [1.165, 1.54) is 17.1 Å². The normalized spacial score (nSPS) is 11.7. The van der Waals surface area contributed by atoms with Crippen molar-refractivity contribution < 1.29 is 18.3 Å². The van der Waals surface area contributed by atoms with Crippen LogP contribution in [0.3, 0.4) is 0 Å². The first-order valence-corrected chi connectivity index (χ1v) is 7.19. The molecule has 0 aliphatic carbocycles. The molecule has 0 unspecified atom stereocenters. The molecule has 2 aromatic rings. The summed E-state index contributed by atoms with van der Waals surface area (Å²) >= 11 is 0. The topological polar surface area (TPSA) is 130 Å². The summed E-state index contributed by atoms with van der Waals surface area (Å²) in [6.07, 6.45) is 2.55. The molecular formula is C10H13N5O4S. The Labute approximate surface area is 114 Å². The van der Waals surface area contributed by atoms with E-state index < -0.39 is 16.0 Å². The molecule has 108 valence electrons. The van der Waals surface area contributed by atoms with Gasteiger partial charge in [-0.3, -0.25) is 5.10 Å². The third-order valence-electron chi connectivity index (χ3n) is 2.64. The highest BCUT2D eigenvalue weighted by molar-refractivity contribution is 7.89. The Morgan fingerprint density at radius 1 is 1.55 bits per heavy atom. The number of nitrogens with zero attached hydrogens (tertiary/aromatic N) is 3. The van der Waals surface area contributed by atoms with Crippen LogP contribution in [0.4, 0.5) is 0 Å². The number of carbonyl (C=O) groups is 1. The van der Waals surface area contributed by atoms with E-state index in [2.05, 4.69) is 19.9 Å². The van der Waals surface area contributed by atoms with Gasteiger partial charge >= 0.3 is 5.97 Å². The van der Waals surface area contributed by atoms with Crippen LogP contribution in [0.25, 0.3) is 0 Å². The second-order valence-electron chi connectivity index (χ2n) is 3.91. The van der Waals surface area contributed by atoms with Crippen LogP contribution in [0.2, 0.25) is 0 Å². The summed E-state index contributed by atoms with van der Waals surface area (Å²) in [5.41, 5.74) is -0.0764. The number of carboxylic acid groups (broad SMARTS) is 1. The number of aryl methyl sites for hydroxylation is 1. The first kappa shape index (κ1) is 14.2. The van der Waals surface area contributed by atoms with Crippen LogP contribution in [0, 0.1) is 0 Å². The number of aromatic carboxylic acids is 1. The van der Waals surface area contributed by atoms with Crippen LogP contribution >= 0.6 is 0 Å². The second-order valence-corrected chi connectivity index (χ2v) is 5.68. The average Bonchev–Trinajstić information content (AvgIpc) is 3.05. The van der Waals surface area contributed by atoms with E-state index in [0.717, 1.165) is 6.07 Å². The molecule has 3 N–H and O–H groups in total. The fraction of sp³-hybridized carbons (Fsp3) is 0.300. The van der Waals surface area contributed by atoms with Crippen LogP contribution in [-0.4, -0.2) is 39.2 Å². The number of carboxylic acids is 1. The quantitative estimate of drug-likeness (QED) is 0.677. The molecule has 0 aliphatic heterocycles. The van der Waals surface area contributed by atoms with Crippen molar-refractivity contribution in [2.75, 3.05) is 0 Å². The van der Waals surface area contributed by atoms with Crippen molar-refractivity contribution in [1.29, 1.82) is 0 Å². The molecule has 2 aromatic heterocycles. The third-order valence-corrected chi connectivity index (χ3v) is 4.00. The molecule has 2 heterocycles. The van der Waals surface area contributed by atoms with Crippen LogP contribution in [0.5, 0.6) is 0 Å². The molecule has 0 radical (unpaired) electrons. The van der Waals surface area contributed by atoms with Crippen LogP contribution in [0.1, 0.15) is 23.2 Å². The molecule has 0 aromatic carbocycles. The molecule has 0 saturated heterocycles. The molecular weight excluding hydrogens is 286 g/mol. The minimum Gasteiger partial charge on any atom is -0.477 e. The van der Waals surface area contributed by atoms with Gasteiger partial charge in [-0.1, -0.05) is 0 Å². The van der Waals surface area contributed by atoms with E-state index in [0.29, 0.717) is 12.4 Å². The predicted octanol–water partition coefficient (Wildman–Crippen LogP) is -0.197. The Hall–Kier alpha value is -2.20. The molecule has 0 fully saturated rings. The molecule has 10 heteroatoms. The first-order valence-electron chi connectivity index (χ1n) is 5.71. The lowest BCUT2D eigenvalue weighted by molar-refractivity contribution is 0.0685. The van der Waals surface area contributed by atoms with Crippen LogP contribution in [0.15, 0.2) is 23.5 Å². The van der Waals surface area contributed by atoms with Crippen molar-refractivity contribution >= 4 is 16.0 Å². The monoisotopic (exact) mass is 299 g/mol. The molecule has 0 bridgehead atoms. The second kappa shape index (κ2) is 5.43. The summed E-state index contributed by atoms with van der Waals surface area (Å²) in [6, 6.07) is 1.12. The van der Waals surface area contributed by atoms with Crippen molar-refractivity contribution in [2.45, 2.75) is 24.9 Å². The summed E-state index contributed by atoms with van der Waals surface area (Å²) in [7, 11) is -3.80. The van der Waals surface area contributed by atoms with E-state index in [9.17, 15) is 13.2 Å². The zero-order valence-corrected chi connectivity index (χ0v) is 11.4. The largest absolute Gasteiger partial charge is 0.477 e. The zero-order valence-electron chi connectivity index (χ0n) is 10.6. The minimum atomic E-state index is -3.80. The summed E-state index contributed by atoms with van der Waals surface area (Å²) in [5, 5.41) is 15.1. The number of nitrogens with one attached hydrogen (secondary N) is 2. The van der Waals surface area contributed by atoms with Gasteiger partial charge in [0.2, 0.25) is 10.0 Å². The molecule has 0 atom stereocenters. The van der Waals surface area contributed by atoms with E-state index in [4.69, 9.17) is 5.11 Å². The van der Waals surface area contributed by atoms with Gasteiger partial charge in [0.1, 0.15) is 22.7 Å². The standard InChI is InChI=1S/C10H13N5O4S/c1-2-15-5-7(3-8(15)10(16)17)20(18,19)13-4-9-11-6-12-14-9/h3,5-6,13H,2,4H2,1H3,(H,16,17)(H,11,12,14). The SMILES string of the molecule is CCn1cc(S(=O)(=O)NCc2ncn[nH]2)cc1C(=O)O. The maximum atomic E-state index is 12.1. The van der Waals surface area contributed by atoms with E-state index in [1.54, 1.807) is 6.92 Å². The van der Waals surface area contributed by atoms with Crippen LogP contribution < -0.4 is 4.72 Å². The van der Waals surface area contributed by atoms with Gasteiger partial charge in [0.05, 0.1) is 6.54 Å². The van der Waals surface area contributed by atoms with Crippen molar-refractivity contribution in [2.24, 2.45) is 0 Å². The number of sulfonamides is 1. The summed E-state index contributed by atoms with van der Waals surface area (Å²) in [5.74, 6) is -0.814. The molecule has 2 rings (SSSR count). The summed E-state index contributed by atoms with van der Waals surface area (Å²) in [6.45, 7) is 2.03. The Kier molecular flexibility index (Phi) is 3.86. The van der Waals surface area contributed by atoms with Crippen molar-refractivity contribution in [1.82, 2.24) is 24.5 Å². The van der Waals surface area contributed by atoms with E-state index in [-0.39, 0.29) is 17.1 Å². The Morgan fingerprint density at radius 3 is 2.80 bits per heavy atom. The predicted molar refractivity (Wildman–Crippen MR) is 67.5 cm³/mol. The Balaban J connectivity index is 2.23. The number of hydrogen-bond donors (Lipinski definition) is 3. The highest BCUT2D eigenvalue weighted by Crippen LogP contribution is 2.14. The Bertz CT molecular complexity index is 704. The molecule has 20 heavy (non-hydrogen) atoms. The van der Waals surface area contributed by atoms with Crippen LogP contribution in [-0.2, 0) is 23.1 Å². The summed E-state index contributed by atoms with van der Waals surface area (Å²) in [4.78, 5) is 14.7. The average molecular weight is 299 g/mol. The lowest BCUT2D eigenvalue weighted by atomic mass is 10.4. The molecule has 0 saturated carbocycles. The Morgan fingerprint density at radius 2 is 2.30 bits per heavy atom. The van der Waals surface area contributed by atoms with Gasteiger partial charge < -0.3 is 9.67 Å². The molecule has 0 spiro atoms. The van der Waals surface area contributed by atoms with Crippen molar-refractivity contribution in [3.05, 3.63) is 30.1 Å². The number of H-pyrrole nitrogens is 1. The first-order chi connectivity index (χ1) is 9.44. The van der Waals surface area contributed by atoms with E-state index >= 15 is 0 Å². The maximum Gasteiger partial charge on any atom is 0.352 e. The number of aromatic nitrogens is 4. The van der Waals surface area contributed by atoms with Gasteiger partial charge in [-0.15, -0.1) is 0 Å². The van der Waals surface area contributed by atoms with Gasteiger partial charge in [0, 0.05) is 12.7 Å². The fourth-order valence-corrected chi connectivity index (χ4v) is 2.66. The van der Waals surface area contributed by atoms with Crippen molar-refractivity contribution in [3.8, 4) is 0 Å². The molecule has 9 nitrogen and oxygen atoms in total. The van der Waals surface area contributed by atoms with Gasteiger partial charge in [0.15, 0.2) is 0 Å². The zero-order chi connectivity index (χ0) is 14.8. The molecule has 0 aliphatic rings. The number of hydrogen-bond acceptors (Lipinski definition) is 5. The lowest BCUT2D eigenvalue weighted by Crippen LogP contribution is -2.23. The third kappa shape index (κ3) is 2.86. The number of rotatable bonds is 6. The highest BCUT2D eigenvalue weighted by atomic mass is 32.2. The van der Waals surface area contributed by atoms with Gasteiger partial charge in [-0.25, -0.2) is 22.9 Å². The maximum absolute atomic E-state index is 12.1. The number of aromatic amines is 1. The smallest absolute Gasteiger partial charge is 0.352 e. The fourth-order valence-electron chi connectivity index (χ4n) is 1.63. The highest BCUT2D eigenvalue weighted by Gasteiger charge is 2.20. The van der Waals surface area contributed by atoms with Gasteiger partial charge in [-0.2, -0.15) is 5.10 Å². The minimum absolute atomic E-state index is 0.0535. The lowest BCUT2D eigenvalue weighted by Gasteiger charge is -2.02. The van der Waals surface area contributed by atoms with E-state index in [1.807, 2.05) is 0 Å². The van der Waals surface area contributed by atoms with Gasteiger partial charge in [-0.05, 0) is 13.0 Å².